The number of fused-ring (bicyclic) bond motifs is 1. The number of aromatic nitrogens is 2. The molecular weight excluding hydrogens is 481 g/mol. The number of anilines is 2. The van der Waals surface area contributed by atoms with Gasteiger partial charge in [0.25, 0.3) is 5.91 Å². The number of nitrogens with one attached hydrogen (secondary N) is 2. The van der Waals surface area contributed by atoms with Crippen molar-refractivity contribution in [1.82, 2.24) is 9.78 Å². The van der Waals surface area contributed by atoms with Crippen LogP contribution in [0.5, 0.6) is 11.5 Å². The van der Waals surface area contributed by atoms with Crippen molar-refractivity contribution in [3.8, 4) is 22.6 Å². The Balaban J connectivity index is 1.62. The van der Waals surface area contributed by atoms with E-state index in [1.807, 2.05) is 0 Å². The predicted octanol–water partition coefficient (Wildman–Crippen LogP) is 4.25. The van der Waals surface area contributed by atoms with Gasteiger partial charge < -0.3 is 24.8 Å². The minimum Gasteiger partial charge on any atom is -0.493 e. The highest BCUT2D eigenvalue weighted by molar-refractivity contribution is 6.04. The summed E-state index contributed by atoms with van der Waals surface area (Å²) in [5, 5.41) is 9.69. The number of benzene rings is 2. The van der Waals surface area contributed by atoms with Gasteiger partial charge in [0, 0.05) is 12.8 Å². The molecule has 2 amide bonds. The Morgan fingerprint density at radius 3 is 2.53 bits per heavy atom. The van der Waals surface area contributed by atoms with Crippen molar-refractivity contribution in [1.29, 1.82) is 0 Å². The number of hydrogen-bond acceptors (Lipinski definition) is 6. The Morgan fingerprint density at radius 2 is 1.86 bits per heavy atom. The molecule has 0 fully saturated rings. The minimum atomic E-state index is -4.55. The van der Waals surface area contributed by atoms with E-state index in [0.29, 0.717) is 34.1 Å². The zero-order valence-corrected chi connectivity index (χ0v) is 19.6. The van der Waals surface area contributed by atoms with Crippen LogP contribution >= 0.6 is 0 Å². The van der Waals surface area contributed by atoms with Crippen molar-refractivity contribution in [3.05, 3.63) is 53.7 Å². The predicted molar refractivity (Wildman–Crippen MR) is 124 cm³/mol. The highest BCUT2D eigenvalue weighted by atomic mass is 19.4. The summed E-state index contributed by atoms with van der Waals surface area (Å²) in [6, 6.07) is 8.49. The Labute approximate surface area is 204 Å². The van der Waals surface area contributed by atoms with Crippen molar-refractivity contribution >= 4 is 23.3 Å². The zero-order chi connectivity index (χ0) is 26.0. The smallest absolute Gasteiger partial charge is 0.416 e. The summed E-state index contributed by atoms with van der Waals surface area (Å²) >= 11 is 0. The lowest BCUT2D eigenvalue weighted by molar-refractivity contribution is -0.137. The van der Waals surface area contributed by atoms with Crippen molar-refractivity contribution in [2.75, 3.05) is 32.0 Å². The second-order valence-electron chi connectivity index (χ2n) is 7.95. The molecule has 1 aliphatic heterocycles. The normalized spacial score (nSPS) is 14.8. The quantitative estimate of drug-likeness (QED) is 0.475. The summed E-state index contributed by atoms with van der Waals surface area (Å²) in [6.07, 6.45) is -4.89. The van der Waals surface area contributed by atoms with E-state index in [2.05, 4.69) is 15.7 Å². The van der Waals surface area contributed by atoms with Gasteiger partial charge in [0.2, 0.25) is 5.91 Å². The van der Waals surface area contributed by atoms with Gasteiger partial charge in [-0.25, -0.2) is 4.68 Å². The zero-order valence-electron chi connectivity index (χ0n) is 19.6. The number of alkyl halides is 3. The van der Waals surface area contributed by atoms with Crippen LogP contribution in [0.4, 0.5) is 24.7 Å². The van der Waals surface area contributed by atoms with Gasteiger partial charge in [0.1, 0.15) is 11.9 Å². The van der Waals surface area contributed by atoms with Gasteiger partial charge in [-0.3, -0.25) is 9.59 Å². The van der Waals surface area contributed by atoms with Crippen LogP contribution in [0, 0.1) is 0 Å². The van der Waals surface area contributed by atoms with Crippen LogP contribution in [0.3, 0.4) is 0 Å². The first kappa shape index (κ1) is 25.0. The number of amides is 2. The number of ether oxygens (including phenoxy) is 3. The molecule has 36 heavy (non-hydrogen) atoms. The van der Waals surface area contributed by atoms with E-state index in [1.165, 1.54) is 38.1 Å². The van der Waals surface area contributed by atoms with Gasteiger partial charge in [0.05, 0.1) is 44.1 Å². The molecule has 2 heterocycles. The molecular formula is C24H23F3N4O5. The first-order chi connectivity index (χ1) is 17.2. The molecule has 2 aromatic carbocycles. The van der Waals surface area contributed by atoms with Crippen molar-refractivity contribution < 1.29 is 37.0 Å². The average Bonchev–Trinajstić information content (AvgIpc) is 3.33. The van der Waals surface area contributed by atoms with E-state index >= 15 is 0 Å². The largest absolute Gasteiger partial charge is 0.493 e. The number of halogens is 3. The van der Waals surface area contributed by atoms with E-state index in [4.69, 9.17) is 14.2 Å². The molecule has 3 aromatic rings. The van der Waals surface area contributed by atoms with Gasteiger partial charge in [0.15, 0.2) is 11.5 Å². The van der Waals surface area contributed by atoms with E-state index < -0.39 is 29.6 Å². The molecule has 0 radical (unpaired) electrons. The van der Waals surface area contributed by atoms with Crippen LogP contribution in [0.1, 0.15) is 23.7 Å². The monoisotopic (exact) mass is 504 g/mol. The maximum absolute atomic E-state index is 13.0. The first-order valence-corrected chi connectivity index (χ1v) is 10.8. The van der Waals surface area contributed by atoms with Gasteiger partial charge in [-0.1, -0.05) is 12.1 Å². The molecule has 0 saturated carbocycles. The van der Waals surface area contributed by atoms with Crippen LogP contribution in [0.15, 0.2) is 42.5 Å². The lowest BCUT2D eigenvalue weighted by Gasteiger charge is -2.12. The molecule has 4 rings (SSSR count). The number of carbonyl (C=O) groups is 2. The lowest BCUT2D eigenvalue weighted by atomic mass is 10.0. The maximum atomic E-state index is 13.0. The molecule has 0 spiro atoms. The summed E-state index contributed by atoms with van der Waals surface area (Å²) in [4.78, 5) is 25.4. The highest BCUT2D eigenvalue weighted by Gasteiger charge is 2.37. The van der Waals surface area contributed by atoms with Gasteiger partial charge in [-0.15, -0.1) is 0 Å². The molecule has 1 unspecified atom stereocenters. The molecule has 12 heteroatoms. The fourth-order valence-electron chi connectivity index (χ4n) is 4.01. The van der Waals surface area contributed by atoms with Crippen LogP contribution in [-0.4, -0.2) is 42.9 Å². The van der Waals surface area contributed by atoms with Crippen LogP contribution in [0.25, 0.3) is 11.1 Å². The minimum absolute atomic E-state index is 0.0278. The van der Waals surface area contributed by atoms with Crippen molar-refractivity contribution in [2.24, 2.45) is 0 Å². The van der Waals surface area contributed by atoms with E-state index in [0.717, 1.165) is 12.1 Å². The molecule has 0 bridgehead atoms. The average molecular weight is 504 g/mol. The van der Waals surface area contributed by atoms with Crippen molar-refractivity contribution in [3.63, 3.8) is 0 Å². The SMILES string of the molecule is COCc1nn2c(c1-c1ccc(OC)c(OC)c1)NC(=O)C2CC(=O)Nc1cccc(C(F)(F)F)c1. The topological polar surface area (TPSA) is 104 Å². The van der Waals surface area contributed by atoms with Crippen LogP contribution in [-0.2, 0) is 27.1 Å². The molecule has 2 N–H and O–H groups in total. The number of hydrogen-bond donors (Lipinski definition) is 2. The highest BCUT2D eigenvalue weighted by Crippen LogP contribution is 2.41. The summed E-state index contributed by atoms with van der Waals surface area (Å²) < 4.78 is 56.3. The second-order valence-corrected chi connectivity index (χ2v) is 7.95. The van der Waals surface area contributed by atoms with Gasteiger partial charge >= 0.3 is 6.18 Å². The van der Waals surface area contributed by atoms with Crippen LogP contribution < -0.4 is 20.1 Å². The fourth-order valence-corrected chi connectivity index (χ4v) is 4.01. The Bertz CT molecular complexity index is 1310. The molecule has 9 nitrogen and oxygen atoms in total. The molecule has 0 saturated heterocycles. The molecule has 0 aliphatic carbocycles. The fraction of sp³-hybridized carbons (Fsp3) is 0.292. The number of rotatable bonds is 8. The van der Waals surface area contributed by atoms with E-state index in [-0.39, 0.29) is 18.7 Å². The van der Waals surface area contributed by atoms with Crippen molar-refractivity contribution in [2.45, 2.75) is 25.2 Å². The molecule has 1 aromatic heterocycles. The lowest BCUT2D eigenvalue weighted by Crippen LogP contribution is -2.24. The summed E-state index contributed by atoms with van der Waals surface area (Å²) in [5.41, 5.74) is 0.863. The Kier molecular flexibility index (Phi) is 6.88. The maximum Gasteiger partial charge on any atom is 0.416 e. The molecule has 1 aliphatic rings. The molecule has 190 valence electrons. The van der Waals surface area contributed by atoms with E-state index in [1.54, 1.807) is 18.2 Å². The standard InChI is InChI=1S/C24H23F3N4O5/c1-34-12-16-21(13-7-8-18(35-2)19(9-13)36-3)22-29-23(33)17(31(22)30-16)11-20(32)28-15-6-4-5-14(10-15)24(25,26)27/h4-10,17H,11-12H2,1-3H3,(H,28,32)(H,29,33). The number of carbonyl (C=O) groups excluding carboxylic acids is 2. The summed E-state index contributed by atoms with van der Waals surface area (Å²) in [7, 11) is 4.52. The van der Waals surface area contributed by atoms with Crippen LogP contribution in [0.2, 0.25) is 0 Å². The van der Waals surface area contributed by atoms with Gasteiger partial charge in [-0.2, -0.15) is 18.3 Å². The third kappa shape index (κ3) is 4.85. The second kappa shape index (κ2) is 9.90. The summed E-state index contributed by atoms with van der Waals surface area (Å²) in [6.45, 7) is 0.128. The number of methoxy groups -OCH3 is 3. The number of nitrogens with zero attached hydrogens (tertiary/aromatic N) is 2. The third-order valence-corrected chi connectivity index (χ3v) is 5.63. The van der Waals surface area contributed by atoms with Gasteiger partial charge in [-0.05, 0) is 35.9 Å². The van der Waals surface area contributed by atoms with E-state index in [9.17, 15) is 22.8 Å². The first-order valence-electron chi connectivity index (χ1n) is 10.8. The molecule has 1 atom stereocenters. The Hall–Kier alpha value is -4.06. The Morgan fingerprint density at radius 1 is 1.11 bits per heavy atom. The summed E-state index contributed by atoms with van der Waals surface area (Å²) in [5.74, 6) is 0.253. The third-order valence-electron chi connectivity index (χ3n) is 5.63.